The van der Waals surface area contributed by atoms with E-state index in [1.165, 1.54) is 26.2 Å². The standard InChI is InChI=1S/C9H22N2/c1-5-10(4)8-9-11(6-2)7-3/h5-9H2,1-4H3. The summed E-state index contributed by atoms with van der Waals surface area (Å²) < 4.78 is 0. The molecular weight excluding hydrogens is 136 g/mol. The minimum Gasteiger partial charge on any atom is -0.305 e. The molecule has 0 N–H and O–H groups in total. The molecule has 0 bridgehead atoms. The van der Waals surface area contributed by atoms with Gasteiger partial charge in [-0.05, 0) is 26.7 Å². The van der Waals surface area contributed by atoms with E-state index in [1.807, 2.05) is 0 Å². The molecule has 2 heteroatoms. The Hall–Kier alpha value is -0.0800. The molecule has 2 nitrogen and oxygen atoms in total. The van der Waals surface area contributed by atoms with Crippen LogP contribution in [0.15, 0.2) is 0 Å². The molecule has 0 aliphatic heterocycles. The highest BCUT2D eigenvalue weighted by Gasteiger charge is 1.99. The van der Waals surface area contributed by atoms with E-state index in [1.54, 1.807) is 0 Å². The summed E-state index contributed by atoms with van der Waals surface area (Å²) in [5, 5.41) is 0. The molecule has 0 fully saturated rings. The van der Waals surface area contributed by atoms with Crippen LogP contribution in [-0.2, 0) is 0 Å². The van der Waals surface area contributed by atoms with Crippen LogP contribution in [0.1, 0.15) is 20.8 Å². The minimum atomic E-state index is 1.15. The zero-order chi connectivity index (χ0) is 8.69. The van der Waals surface area contributed by atoms with Gasteiger partial charge in [-0.1, -0.05) is 20.8 Å². The highest BCUT2D eigenvalue weighted by Crippen LogP contribution is 1.88. The van der Waals surface area contributed by atoms with Gasteiger partial charge in [-0.15, -0.1) is 0 Å². The first kappa shape index (κ1) is 10.9. The van der Waals surface area contributed by atoms with Crippen LogP contribution < -0.4 is 0 Å². The zero-order valence-corrected chi connectivity index (χ0v) is 8.43. The SMILES string of the molecule is CCN(C)CCN(CC)CC. The molecule has 0 heterocycles. The van der Waals surface area contributed by atoms with Gasteiger partial charge in [0.15, 0.2) is 0 Å². The van der Waals surface area contributed by atoms with Crippen molar-refractivity contribution >= 4 is 0 Å². The van der Waals surface area contributed by atoms with Gasteiger partial charge in [-0.2, -0.15) is 0 Å². The third-order valence-electron chi connectivity index (χ3n) is 2.23. The molecular formula is C9H22N2. The van der Waals surface area contributed by atoms with Crippen molar-refractivity contribution in [2.75, 3.05) is 39.8 Å². The maximum absolute atomic E-state index is 2.45. The normalized spacial score (nSPS) is 11.5. The maximum atomic E-state index is 2.45. The van der Waals surface area contributed by atoms with Crippen LogP contribution in [0, 0.1) is 0 Å². The Balaban J connectivity index is 3.34. The van der Waals surface area contributed by atoms with E-state index in [2.05, 4.69) is 37.6 Å². The van der Waals surface area contributed by atoms with E-state index >= 15 is 0 Å². The third kappa shape index (κ3) is 5.22. The summed E-state index contributed by atoms with van der Waals surface area (Å²) in [6.45, 7) is 12.5. The number of rotatable bonds is 6. The van der Waals surface area contributed by atoms with Gasteiger partial charge in [0.25, 0.3) is 0 Å². The largest absolute Gasteiger partial charge is 0.305 e. The monoisotopic (exact) mass is 158 g/mol. The lowest BCUT2D eigenvalue weighted by Gasteiger charge is -2.21. The summed E-state index contributed by atoms with van der Waals surface area (Å²) in [5.41, 5.74) is 0. The summed E-state index contributed by atoms with van der Waals surface area (Å²) in [5.74, 6) is 0. The summed E-state index contributed by atoms with van der Waals surface area (Å²) >= 11 is 0. The Morgan fingerprint density at radius 1 is 0.818 bits per heavy atom. The molecule has 0 saturated heterocycles. The van der Waals surface area contributed by atoms with Crippen molar-refractivity contribution in [1.29, 1.82) is 0 Å². The molecule has 68 valence electrons. The van der Waals surface area contributed by atoms with Crippen molar-refractivity contribution in [3.8, 4) is 0 Å². The van der Waals surface area contributed by atoms with Crippen LogP contribution in [0.3, 0.4) is 0 Å². The lowest BCUT2D eigenvalue weighted by molar-refractivity contribution is 0.246. The van der Waals surface area contributed by atoms with E-state index in [0.29, 0.717) is 0 Å². The van der Waals surface area contributed by atoms with Crippen LogP contribution in [-0.4, -0.2) is 49.6 Å². The van der Waals surface area contributed by atoms with Crippen molar-refractivity contribution in [3.63, 3.8) is 0 Å². The van der Waals surface area contributed by atoms with Gasteiger partial charge in [-0.3, -0.25) is 0 Å². The fraction of sp³-hybridized carbons (Fsp3) is 1.00. The molecule has 0 aliphatic rings. The molecule has 0 amide bonds. The Labute approximate surface area is 71.2 Å². The third-order valence-corrected chi connectivity index (χ3v) is 2.23. The van der Waals surface area contributed by atoms with Crippen LogP contribution >= 0.6 is 0 Å². The molecule has 0 rings (SSSR count). The van der Waals surface area contributed by atoms with Gasteiger partial charge < -0.3 is 9.80 Å². The molecule has 0 unspecified atom stereocenters. The zero-order valence-electron chi connectivity index (χ0n) is 8.43. The van der Waals surface area contributed by atoms with Gasteiger partial charge in [0.1, 0.15) is 0 Å². The van der Waals surface area contributed by atoms with Crippen molar-refractivity contribution in [2.24, 2.45) is 0 Å². The predicted molar refractivity (Wildman–Crippen MR) is 51.0 cm³/mol. The quantitative estimate of drug-likeness (QED) is 0.574. The molecule has 0 radical (unpaired) electrons. The van der Waals surface area contributed by atoms with Crippen LogP contribution in [0.5, 0.6) is 0 Å². The van der Waals surface area contributed by atoms with Gasteiger partial charge >= 0.3 is 0 Å². The summed E-state index contributed by atoms with van der Waals surface area (Å²) in [6.07, 6.45) is 0. The van der Waals surface area contributed by atoms with Crippen LogP contribution in [0.4, 0.5) is 0 Å². The highest BCUT2D eigenvalue weighted by atomic mass is 15.2. The number of likely N-dealkylation sites (N-methyl/N-ethyl adjacent to an activating group) is 2. The molecule has 0 atom stereocenters. The Bertz CT molecular complexity index is 79.6. The first-order chi connectivity index (χ1) is 5.24. The second kappa shape index (κ2) is 6.62. The predicted octanol–water partition coefficient (Wildman–Crippen LogP) is 1.28. The molecule has 0 aliphatic carbocycles. The average molecular weight is 158 g/mol. The van der Waals surface area contributed by atoms with E-state index in [-0.39, 0.29) is 0 Å². The Morgan fingerprint density at radius 3 is 1.73 bits per heavy atom. The highest BCUT2D eigenvalue weighted by molar-refractivity contribution is 4.55. The lowest BCUT2D eigenvalue weighted by Crippen LogP contribution is -2.32. The minimum absolute atomic E-state index is 1.15. The second-order valence-electron chi connectivity index (χ2n) is 2.92. The van der Waals surface area contributed by atoms with Gasteiger partial charge in [0.05, 0.1) is 0 Å². The maximum Gasteiger partial charge on any atom is 0.0109 e. The van der Waals surface area contributed by atoms with Crippen molar-refractivity contribution in [2.45, 2.75) is 20.8 Å². The molecule has 11 heavy (non-hydrogen) atoms. The first-order valence-electron chi connectivity index (χ1n) is 4.65. The van der Waals surface area contributed by atoms with Crippen LogP contribution in [0.25, 0.3) is 0 Å². The van der Waals surface area contributed by atoms with Gasteiger partial charge in [0, 0.05) is 13.1 Å². The summed E-state index contributed by atoms with van der Waals surface area (Å²) in [4.78, 5) is 4.80. The molecule has 0 aromatic rings. The number of hydrogen-bond donors (Lipinski definition) is 0. The van der Waals surface area contributed by atoms with E-state index in [0.717, 1.165) is 6.54 Å². The fourth-order valence-electron chi connectivity index (χ4n) is 1.01. The van der Waals surface area contributed by atoms with Crippen molar-refractivity contribution < 1.29 is 0 Å². The van der Waals surface area contributed by atoms with E-state index in [4.69, 9.17) is 0 Å². The summed E-state index contributed by atoms with van der Waals surface area (Å²) in [7, 11) is 2.17. The Morgan fingerprint density at radius 2 is 1.36 bits per heavy atom. The van der Waals surface area contributed by atoms with E-state index < -0.39 is 0 Å². The smallest absolute Gasteiger partial charge is 0.0109 e. The fourth-order valence-corrected chi connectivity index (χ4v) is 1.01. The second-order valence-corrected chi connectivity index (χ2v) is 2.92. The first-order valence-corrected chi connectivity index (χ1v) is 4.65. The topological polar surface area (TPSA) is 6.48 Å². The Kier molecular flexibility index (Phi) is 6.57. The van der Waals surface area contributed by atoms with Crippen molar-refractivity contribution in [1.82, 2.24) is 9.80 Å². The lowest BCUT2D eigenvalue weighted by atomic mass is 10.4. The van der Waals surface area contributed by atoms with Crippen molar-refractivity contribution in [3.05, 3.63) is 0 Å². The average Bonchev–Trinajstić information content (AvgIpc) is 2.06. The molecule has 0 spiro atoms. The van der Waals surface area contributed by atoms with Gasteiger partial charge in [-0.25, -0.2) is 0 Å². The van der Waals surface area contributed by atoms with Crippen LogP contribution in [0.2, 0.25) is 0 Å². The van der Waals surface area contributed by atoms with E-state index in [9.17, 15) is 0 Å². The molecule has 0 saturated carbocycles. The number of nitrogens with zero attached hydrogens (tertiary/aromatic N) is 2. The molecule has 0 aromatic heterocycles. The van der Waals surface area contributed by atoms with Gasteiger partial charge in [0.2, 0.25) is 0 Å². The molecule has 0 aromatic carbocycles. The number of hydrogen-bond acceptors (Lipinski definition) is 2. The summed E-state index contributed by atoms with van der Waals surface area (Å²) in [6, 6.07) is 0.